The van der Waals surface area contributed by atoms with Gasteiger partial charge in [-0.3, -0.25) is 4.68 Å². The second-order valence-corrected chi connectivity index (χ2v) is 5.91. The van der Waals surface area contributed by atoms with E-state index in [4.69, 9.17) is 5.10 Å². The van der Waals surface area contributed by atoms with Crippen molar-refractivity contribution in [2.24, 2.45) is 5.41 Å². The van der Waals surface area contributed by atoms with Crippen molar-refractivity contribution in [1.82, 2.24) is 9.78 Å². The second-order valence-electron chi connectivity index (χ2n) is 5.91. The van der Waals surface area contributed by atoms with Crippen molar-refractivity contribution >= 4 is 10.9 Å². The monoisotopic (exact) mass is 267 g/mol. The quantitative estimate of drug-likeness (QED) is 0.841. The van der Waals surface area contributed by atoms with Gasteiger partial charge in [0.1, 0.15) is 0 Å². The second kappa shape index (κ2) is 5.28. The van der Waals surface area contributed by atoms with E-state index in [0.29, 0.717) is 0 Å². The van der Waals surface area contributed by atoms with Crippen molar-refractivity contribution in [1.29, 1.82) is 5.26 Å². The number of fused-ring (bicyclic) bond motifs is 1. The van der Waals surface area contributed by atoms with Gasteiger partial charge in [0.15, 0.2) is 0 Å². The van der Waals surface area contributed by atoms with Crippen LogP contribution in [0.4, 0.5) is 0 Å². The molecule has 1 aliphatic carbocycles. The molecule has 0 atom stereocenters. The van der Waals surface area contributed by atoms with Crippen molar-refractivity contribution in [2.45, 2.75) is 52.0 Å². The van der Waals surface area contributed by atoms with E-state index in [-0.39, 0.29) is 5.41 Å². The number of nitriles is 1. The topological polar surface area (TPSA) is 41.6 Å². The van der Waals surface area contributed by atoms with Crippen molar-refractivity contribution < 1.29 is 0 Å². The minimum absolute atomic E-state index is 0.187. The number of rotatable bonds is 3. The molecule has 3 nitrogen and oxygen atoms in total. The van der Waals surface area contributed by atoms with Crippen LogP contribution in [0.1, 0.15) is 44.7 Å². The molecule has 20 heavy (non-hydrogen) atoms. The highest BCUT2D eigenvalue weighted by atomic mass is 15.3. The van der Waals surface area contributed by atoms with Crippen LogP contribution in [-0.4, -0.2) is 9.78 Å². The molecule has 1 aliphatic rings. The average Bonchev–Trinajstić information content (AvgIpc) is 2.86. The van der Waals surface area contributed by atoms with Crippen LogP contribution >= 0.6 is 0 Å². The molecule has 1 saturated carbocycles. The fourth-order valence-corrected chi connectivity index (χ4v) is 3.45. The Morgan fingerprint density at radius 2 is 2.00 bits per heavy atom. The molecule has 3 heteroatoms. The van der Waals surface area contributed by atoms with E-state index in [1.165, 1.54) is 30.2 Å². The van der Waals surface area contributed by atoms with Gasteiger partial charge in [0, 0.05) is 18.4 Å². The lowest BCUT2D eigenvalue weighted by atomic mass is 9.72. The van der Waals surface area contributed by atoms with E-state index < -0.39 is 0 Å². The Balaban J connectivity index is 2.00. The highest BCUT2D eigenvalue weighted by Crippen LogP contribution is 2.39. The molecule has 0 saturated heterocycles. The molecule has 0 unspecified atom stereocenters. The average molecular weight is 267 g/mol. The number of hydrogen-bond acceptors (Lipinski definition) is 2. The largest absolute Gasteiger partial charge is 0.265 e. The molecule has 0 bridgehead atoms. The van der Waals surface area contributed by atoms with Crippen LogP contribution in [-0.2, 0) is 13.0 Å². The van der Waals surface area contributed by atoms with Crippen LogP contribution in [0.2, 0.25) is 0 Å². The van der Waals surface area contributed by atoms with E-state index in [1.54, 1.807) is 0 Å². The molecule has 0 N–H and O–H groups in total. The Morgan fingerprint density at radius 1 is 1.25 bits per heavy atom. The molecular formula is C17H21N3. The molecule has 0 aliphatic heterocycles. The predicted molar refractivity (Wildman–Crippen MR) is 80.2 cm³/mol. The Hall–Kier alpha value is -1.82. The molecule has 2 aromatic rings. The molecular weight excluding hydrogens is 246 g/mol. The fraction of sp³-hybridized carbons (Fsp3) is 0.529. The lowest BCUT2D eigenvalue weighted by molar-refractivity contribution is 0.263. The van der Waals surface area contributed by atoms with Crippen LogP contribution in [0.25, 0.3) is 10.9 Å². The molecule has 0 radical (unpaired) electrons. The summed E-state index contributed by atoms with van der Waals surface area (Å²) in [5, 5.41) is 15.6. The Kier molecular flexibility index (Phi) is 3.48. The van der Waals surface area contributed by atoms with Crippen LogP contribution in [0.3, 0.4) is 0 Å². The normalized spacial score (nSPS) is 18.0. The Morgan fingerprint density at radius 3 is 2.70 bits per heavy atom. The summed E-state index contributed by atoms with van der Waals surface area (Å²) in [7, 11) is 0. The number of aryl methyl sites for hydroxylation is 1. The lowest BCUT2D eigenvalue weighted by Gasteiger charge is -2.29. The summed E-state index contributed by atoms with van der Waals surface area (Å²) in [4.78, 5) is 0. The third-order valence-corrected chi connectivity index (χ3v) is 4.59. The van der Waals surface area contributed by atoms with Crippen molar-refractivity contribution in [3.63, 3.8) is 0 Å². The first-order valence-electron chi connectivity index (χ1n) is 7.64. The van der Waals surface area contributed by atoms with Gasteiger partial charge in [-0.2, -0.15) is 10.4 Å². The minimum Gasteiger partial charge on any atom is -0.265 e. The summed E-state index contributed by atoms with van der Waals surface area (Å²) in [6.07, 6.45) is 6.48. The van der Waals surface area contributed by atoms with E-state index in [0.717, 1.165) is 31.5 Å². The molecule has 1 fully saturated rings. The number of benzene rings is 1. The zero-order valence-electron chi connectivity index (χ0n) is 12.1. The lowest BCUT2D eigenvalue weighted by Crippen LogP contribution is -2.25. The summed E-state index contributed by atoms with van der Waals surface area (Å²) < 4.78 is 2.05. The highest BCUT2D eigenvalue weighted by molar-refractivity contribution is 5.82. The van der Waals surface area contributed by atoms with Crippen LogP contribution in [0, 0.1) is 16.7 Å². The van der Waals surface area contributed by atoms with Crippen molar-refractivity contribution in [2.75, 3.05) is 0 Å². The first kappa shape index (κ1) is 13.2. The number of aromatic nitrogens is 2. The molecule has 1 aromatic heterocycles. The van der Waals surface area contributed by atoms with Crippen molar-refractivity contribution in [3.05, 3.63) is 30.0 Å². The summed E-state index contributed by atoms with van der Waals surface area (Å²) >= 11 is 0. The first-order valence-corrected chi connectivity index (χ1v) is 7.64. The van der Waals surface area contributed by atoms with Gasteiger partial charge < -0.3 is 0 Å². The molecule has 1 heterocycles. The third-order valence-electron chi connectivity index (χ3n) is 4.59. The first-order chi connectivity index (χ1) is 9.78. The molecule has 0 spiro atoms. The number of hydrogen-bond donors (Lipinski definition) is 0. The van der Waals surface area contributed by atoms with Gasteiger partial charge in [0.25, 0.3) is 0 Å². The molecule has 3 rings (SSSR count). The highest BCUT2D eigenvalue weighted by Gasteiger charge is 2.33. The molecule has 1 aromatic carbocycles. The summed E-state index contributed by atoms with van der Waals surface area (Å²) in [5.74, 6) is 0. The maximum Gasteiger partial charge on any atom is 0.0719 e. The Bertz CT molecular complexity index is 642. The standard InChI is InChI=1S/C17H21N3/c1-2-20-16-9-5-4-8-14(16)15(19-20)12-17(13-18)10-6-3-7-11-17/h4-5,8-9H,2-3,6-7,10-12H2,1H3. The van der Waals surface area contributed by atoms with Gasteiger partial charge in [-0.25, -0.2) is 0 Å². The van der Waals surface area contributed by atoms with Gasteiger partial charge in [0.2, 0.25) is 0 Å². The number of para-hydroxylation sites is 1. The molecule has 104 valence electrons. The SMILES string of the molecule is CCn1nc(CC2(C#N)CCCCC2)c2ccccc21. The van der Waals surface area contributed by atoms with Crippen molar-refractivity contribution in [3.8, 4) is 6.07 Å². The van der Waals surface area contributed by atoms with Gasteiger partial charge in [-0.1, -0.05) is 37.5 Å². The smallest absolute Gasteiger partial charge is 0.0719 e. The van der Waals surface area contributed by atoms with E-state index in [2.05, 4.69) is 41.9 Å². The predicted octanol–water partition coefficient (Wildman–Crippen LogP) is 4.07. The van der Waals surface area contributed by atoms with E-state index in [9.17, 15) is 5.26 Å². The zero-order valence-corrected chi connectivity index (χ0v) is 12.1. The van der Waals surface area contributed by atoms with Crippen LogP contribution in [0.5, 0.6) is 0 Å². The van der Waals surface area contributed by atoms with Gasteiger partial charge >= 0.3 is 0 Å². The van der Waals surface area contributed by atoms with E-state index in [1.807, 2.05) is 0 Å². The van der Waals surface area contributed by atoms with Gasteiger partial charge in [-0.05, 0) is 25.8 Å². The summed E-state index contributed by atoms with van der Waals surface area (Å²) in [6.45, 7) is 2.99. The van der Waals surface area contributed by atoms with E-state index >= 15 is 0 Å². The fourth-order valence-electron chi connectivity index (χ4n) is 3.45. The summed E-state index contributed by atoms with van der Waals surface area (Å²) in [6, 6.07) is 11.0. The number of nitrogens with zero attached hydrogens (tertiary/aromatic N) is 3. The van der Waals surface area contributed by atoms with Crippen LogP contribution in [0.15, 0.2) is 24.3 Å². The third kappa shape index (κ3) is 2.20. The zero-order chi connectivity index (χ0) is 14.0. The Labute approximate surface area is 120 Å². The maximum atomic E-state index is 9.65. The minimum atomic E-state index is -0.187. The maximum absolute atomic E-state index is 9.65. The van der Waals surface area contributed by atoms with Gasteiger partial charge in [-0.15, -0.1) is 0 Å². The van der Waals surface area contributed by atoms with Crippen LogP contribution < -0.4 is 0 Å². The van der Waals surface area contributed by atoms with Gasteiger partial charge in [0.05, 0.1) is 22.7 Å². The molecule has 0 amide bonds. The summed E-state index contributed by atoms with van der Waals surface area (Å²) in [5.41, 5.74) is 2.10.